The molecule has 0 spiro atoms. The highest BCUT2D eigenvalue weighted by Crippen LogP contribution is 2.11. The summed E-state index contributed by atoms with van der Waals surface area (Å²) < 4.78 is 26.7. The minimum atomic E-state index is -3.37. The average molecular weight is 402 g/mol. The molecule has 0 aromatic heterocycles. The van der Waals surface area contributed by atoms with Gasteiger partial charge in [0.2, 0.25) is 10.0 Å². The summed E-state index contributed by atoms with van der Waals surface area (Å²) in [4.78, 5) is 14.4. The maximum absolute atomic E-state index is 12.6. The van der Waals surface area contributed by atoms with Gasteiger partial charge in [-0.1, -0.05) is 48.0 Å². The van der Waals surface area contributed by atoms with Crippen molar-refractivity contribution in [2.75, 3.05) is 38.5 Å². The predicted octanol–water partition coefficient (Wildman–Crippen LogP) is 1.87. The van der Waals surface area contributed by atoms with E-state index in [0.717, 1.165) is 12.1 Å². The van der Waals surface area contributed by atoms with E-state index in [9.17, 15) is 13.2 Å². The minimum Gasteiger partial charge on any atom is -0.351 e. The van der Waals surface area contributed by atoms with Crippen LogP contribution in [0.25, 0.3) is 0 Å². The number of hydrogen-bond donors (Lipinski definition) is 1. The molecule has 1 aliphatic rings. The molecule has 7 heteroatoms. The number of carbonyl (C=O) groups excluding carboxylic acids is 1. The number of aryl methyl sites for hydroxylation is 1. The van der Waals surface area contributed by atoms with E-state index >= 15 is 0 Å². The number of rotatable bonds is 7. The van der Waals surface area contributed by atoms with Gasteiger partial charge in [-0.3, -0.25) is 9.69 Å². The van der Waals surface area contributed by atoms with Gasteiger partial charge in [-0.15, -0.1) is 0 Å². The lowest BCUT2D eigenvalue weighted by Gasteiger charge is -2.34. The quantitative estimate of drug-likeness (QED) is 0.769. The van der Waals surface area contributed by atoms with Crippen LogP contribution in [-0.4, -0.2) is 62.0 Å². The van der Waals surface area contributed by atoms with Crippen LogP contribution < -0.4 is 5.32 Å². The topological polar surface area (TPSA) is 69.7 Å². The summed E-state index contributed by atoms with van der Waals surface area (Å²) in [6.07, 6.45) is 0. The Kier molecular flexibility index (Phi) is 6.83. The van der Waals surface area contributed by atoms with E-state index in [1.54, 1.807) is 12.1 Å². The lowest BCUT2D eigenvalue weighted by atomic mass is 10.1. The average Bonchev–Trinajstić information content (AvgIpc) is 2.69. The van der Waals surface area contributed by atoms with Crippen molar-refractivity contribution in [2.24, 2.45) is 0 Å². The van der Waals surface area contributed by atoms with Gasteiger partial charge in [-0.25, -0.2) is 8.42 Å². The van der Waals surface area contributed by atoms with Gasteiger partial charge >= 0.3 is 0 Å². The molecule has 2 aromatic rings. The third kappa shape index (κ3) is 5.64. The van der Waals surface area contributed by atoms with E-state index in [4.69, 9.17) is 0 Å². The summed E-state index contributed by atoms with van der Waals surface area (Å²) >= 11 is 0. The molecule has 1 amide bonds. The van der Waals surface area contributed by atoms with Crippen molar-refractivity contribution in [2.45, 2.75) is 13.5 Å². The Morgan fingerprint density at radius 2 is 1.71 bits per heavy atom. The van der Waals surface area contributed by atoms with Gasteiger partial charge in [0.05, 0.1) is 5.75 Å². The second-order valence-electron chi connectivity index (χ2n) is 7.10. The van der Waals surface area contributed by atoms with E-state index < -0.39 is 10.0 Å². The van der Waals surface area contributed by atoms with Crippen LogP contribution in [0.3, 0.4) is 0 Å². The molecule has 0 radical (unpaired) electrons. The zero-order chi connectivity index (χ0) is 20.0. The number of hydrogen-bond acceptors (Lipinski definition) is 4. The third-order valence-electron chi connectivity index (χ3n) is 4.90. The summed E-state index contributed by atoms with van der Waals surface area (Å²) in [5, 5.41) is 2.71. The summed E-state index contributed by atoms with van der Waals surface area (Å²) in [7, 11) is -3.37. The van der Waals surface area contributed by atoms with E-state index in [-0.39, 0.29) is 18.2 Å². The van der Waals surface area contributed by atoms with Gasteiger partial charge in [0.15, 0.2) is 0 Å². The van der Waals surface area contributed by atoms with E-state index in [2.05, 4.69) is 22.3 Å². The number of nitrogens with zero attached hydrogens (tertiary/aromatic N) is 2. The molecule has 0 unspecified atom stereocenters. The SMILES string of the molecule is Cc1cccc(C(=O)NCCS(=O)(=O)N2CCN(Cc3ccccc3)CC2)c1. The van der Waals surface area contributed by atoms with Crippen molar-refractivity contribution in [3.05, 3.63) is 71.3 Å². The van der Waals surface area contributed by atoms with Crippen molar-refractivity contribution in [1.82, 2.24) is 14.5 Å². The summed E-state index contributed by atoms with van der Waals surface area (Å²) in [6, 6.07) is 17.4. The van der Waals surface area contributed by atoms with E-state index in [0.29, 0.717) is 31.7 Å². The standard InChI is InChI=1S/C21H27N3O3S/c1-18-6-5-9-20(16-18)21(25)22-10-15-28(26,27)24-13-11-23(12-14-24)17-19-7-3-2-4-8-19/h2-9,16H,10-15,17H2,1H3,(H,22,25). The fraction of sp³-hybridized carbons (Fsp3) is 0.381. The first-order valence-corrected chi connectivity index (χ1v) is 11.1. The minimum absolute atomic E-state index is 0.0801. The second-order valence-corrected chi connectivity index (χ2v) is 9.19. The predicted molar refractivity (Wildman–Crippen MR) is 111 cm³/mol. The number of benzene rings is 2. The fourth-order valence-corrected chi connectivity index (χ4v) is 4.66. The number of piperazine rings is 1. The van der Waals surface area contributed by atoms with Crippen LogP contribution in [0.2, 0.25) is 0 Å². The maximum Gasteiger partial charge on any atom is 0.251 e. The first-order valence-electron chi connectivity index (χ1n) is 9.53. The Morgan fingerprint density at radius 3 is 2.39 bits per heavy atom. The fourth-order valence-electron chi connectivity index (χ4n) is 3.32. The highest BCUT2D eigenvalue weighted by Gasteiger charge is 2.26. The molecular formula is C21H27N3O3S. The molecule has 1 N–H and O–H groups in total. The molecule has 1 heterocycles. The van der Waals surface area contributed by atoms with Crippen LogP contribution in [-0.2, 0) is 16.6 Å². The molecule has 6 nitrogen and oxygen atoms in total. The normalized spacial score (nSPS) is 16.0. The van der Waals surface area contributed by atoms with Crippen molar-refractivity contribution >= 4 is 15.9 Å². The van der Waals surface area contributed by atoms with Crippen molar-refractivity contribution in [1.29, 1.82) is 0 Å². The number of carbonyl (C=O) groups is 1. The second kappa shape index (κ2) is 9.32. The van der Waals surface area contributed by atoms with E-state index in [1.807, 2.05) is 37.3 Å². The van der Waals surface area contributed by atoms with Crippen LogP contribution in [0, 0.1) is 6.92 Å². The molecule has 3 rings (SSSR count). The van der Waals surface area contributed by atoms with Gasteiger partial charge in [-0.2, -0.15) is 4.31 Å². The molecule has 1 saturated heterocycles. The Labute approximate surface area is 167 Å². The third-order valence-corrected chi connectivity index (χ3v) is 6.77. The zero-order valence-corrected chi connectivity index (χ0v) is 17.0. The summed E-state index contributed by atoms with van der Waals surface area (Å²) in [5.74, 6) is -0.324. The lowest BCUT2D eigenvalue weighted by molar-refractivity contribution is 0.0956. The Hall–Kier alpha value is -2.22. The van der Waals surface area contributed by atoms with Crippen LogP contribution in [0.15, 0.2) is 54.6 Å². The molecule has 150 valence electrons. The van der Waals surface area contributed by atoms with Crippen molar-refractivity contribution in [3.8, 4) is 0 Å². The van der Waals surface area contributed by atoms with Gasteiger partial charge in [-0.05, 0) is 24.6 Å². The zero-order valence-electron chi connectivity index (χ0n) is 16.2. The first-order chi connectivity index (χ1) is 13.4. The highest BCUT2D eigenvalue weighted by molar-refractivity contribution is 7.89. The molecule has 0 bridgehead atoms. The van der Waals surface area contributed by atoms with E-state index in [1.165, 1.54) is 9.87 Å². The van der Waals surface area contributed by atoms with Crippen molar-refractivity contribution in [3.63, 3.8) is 0 Å². The number of amides is 1. The van der Waals surface area contributed by atoms with Crippen LogP contribution in [0.1, 0.15) is 21.5 Å². The maximum atomic E-state index is 12.6. The van der Waals surface area contributed by atoms with Crippen LogP contribution in [0.5, 0.6) is 0 Å². The van der Waals surface area contributed by atoms with Gasteiger partial charge in [0, 0.05) is 44.8 Å². The van der Waals surface area contributed by atoms with Crippen molar-refractivity contribution < 1.29 is 13.2 Å². The molecule has 0 atom stereocenters. The molecule has 28 heavy (non-hydrogen) atoms. The van der Waals surface area contributed by atoms with Crippen LogP contribution in [0.4, 0.5) is 0 Å². The molecule has 1 aliphatic heterocycles. The monoisotopic (exact) mass is 401 g/mol. The number of sulfonamides is 1. The van der Waals surface area contributed by atoms with Gasteiger partial charge in [0.1, 0.15) is 0 Å². The first kappa shape index (κ1) is 20.5. The molecule has 0 saturated carbocycles. The smallest absolute Gasteiger partial charge is 0.251 e. The summed E-state index contributed by atoms with van der Waals surface area (Å²) in [5.41, 5.74) is 2.78. The molecule has 0 aliphatic carbocycles. The van der Waals surface area contributed by atoms with Crippen LogP contribution >= 0.6 is 0 Å². The van der Waals surface area contributed by atoms with Gasteiger partial charge in [0.25, 0.3) is 5.91 Å². The Bertz CT molecular complexity index is 892. The summed E-state index contributed by atoms with van der Waals surface area (Å²) in [6.45, 7) is 5.26. The largest absolute Gasteiger partial charge is 0.351 e. The lowest BCUT2D eigenvalue weighted by Crippen LogP contribution is -2.49. The Morgan fingerprint density at radius 1 is 1.00 bits per heavy atom. The molecule has 1 fully saturated rings. The Balaban J connectivity index is 1.44. The highest BCUT2D eigenvalue weighted by atomic mass is 32.2. The number of nitrogens with one attached hydrogen (secondary N) is 1. The van der Waals surface area contributed by atoms with Gasteiger partial charge < -0.3 is 5.32 Å². The molecule has 2 aromatic carbocycles. The molecular weight excluding hydrogens is 374 g/mol.